The highest BCUT2D eigenvalue weighted by molar-refractivity contribution is 5.96. The largest absolute Gasteiger partial charge is 0.398 e. The zero-order chi connectivity index (χ0) is 21.1. The minimum atomic E-state index is -0.659. The highest BCUT2D eigenvalue weighted by Crippen LogP contribution is 2.26. The number of nitrogens with two attached hydrogens (primary N) is 1. The minimum Gasteiger partial charge on any atom is -0.398 e. The molecule has 0 saturated carbocycles. The molecule has 3 aromatic rings. The van der Waals surface area contributed by atoms with Crippen molar-refractivity contribution < 1.29 is 13.6 Å². The Labute approximate surface area is 173 Å². The second-order valence-corrected chi connectivity index (χ2v) is 7.31. The van der Waals surface area contributed by atoms with Crippen molar-refractivity contribution in [2.75, 3.05) is 36.8 Å². The van der Waals surface area contributed by atoms with Crippen LogP contribution in [0.5, 0.6) is 0 Å². The van der Waals surface area contributed by atoms with Crippen LogP contribution in [0.25, 0.3) is 11.1 Å². The van der Waals surface area contributed by atoms with Gasteiger partial charge in [0.25, 0.3) is 0 Å². The molecule has 4 rings (SSSR count). The summed E-state index contributed by atoms with van der Waals surface area (Å²) in [6, 6.07) is 12.0. The summed E-state index contributed by atoms with van der Waals surface area (Å²) in [5, 5.41) is 3.30. The lowest BCUT2D eigenvalue weighted by molar-refractivity contribution is 0.0988. The van der Waals surface area contributed by atoms with E-state index in [0.29, 0.717) is 28.1 Å². The molecule has 2 aromatic carbocycles. The molecule has 0 spiro atoms. The van der Waals surface area contributed by atoms with Crippen LogP contribution in [0.2, 0.25) is 0 Å². The smallest absolute Gasteiger partial charge is 0.185 e. The van der Waals surface area contributed by atoms with Crippen LogP contribution >= 0.6 is 0 Å². The molecule has 0 atom stereocenters. The lowest BCUT2D eigenvalue weighted by Crippen LogP contribution is -2.43. The number of nitrogens with zero attached hydrogens (tertiary/aromatic N) is 2. The van der Waals surface area contributed by atoms with Gasteiger partial charge in [-0.15, -0.1) is 0 Å². The van der Waals surface area contributed by atoms with Crippen LogP contribution in [0, 0.1) is 11.6 Å². The zero-order valence-corrected chi connectivity index (χ0v) is 16.4. The predicted octanol–water partition coefficient (Wildman–Crippen LogP) is 3.44. The first-order valence-corrected chi connectivity index (χ1v) is 9.79. The molecule has 0 aliphatic carbocycles. The molecule has 0 radical (unpaired) electrons. The van der Waals surface area contributed by atoms with Crippen molar-refractivity contribution in [3.8, 4) is 11.1 Å². The molecule has 154 valence electrons. The van der Waals surface area contributed by atoms with Crippen LogP contribution in [0.15, 0.2) is 54.7 Å². The van der Waals surface area contributed by atoms with Crippen molar-refractivity contribution in [2.24, 2.45) is 0 Å². The fourth-order valence-electron chi connectivity index (χ4n) is 3.58. The lowest BCUT2D eigenvalue weighted by Gasteiger charge is -2.29. The average molecular weight is 408 g/mol. The molecule has 1 aliphatic heterocycles. The van der Waals surface area contributed by atoms with Crippen LogP contribution in [0.3, 0.4) is 0 Å². The number of carbonyl (C=O) groups excluding carboxylic acids is 1. The summed E-state index contributed by atoms with van der Waals surface area (Å²) in [6.07, 6.45) is 1.77. The van der Waals surface area contributed by atoms with Gasteiger partial charge < -0.3 is 16.0 Å². The fourth-order valence-corrected chi connectivity index (χ4v) is 3.58. The number of benzene rings is 2. The summed E-state index contributed by atoms with van der Waals surface area (Å²) in [5.41, 5.74) is 9.40. The molecule has 0 amide bonds. The third-order valence-corrected chi connectivity index (χ3v) is 5.21. The Balaban J connectivity index is 1.52. The Morgan fingerprint density at radius 1 is 1.00 bits per heavy atom. The Bertz CT molecular complexity index is 1040. The number of nitrogens with one attached hydrogen (secondary N) is 1. The SMILES string of the molecule is Nc1ccc(-c2cc(F)cc(F)c2)cc1CC(=O)c1ccc(N2CCNCC2)cn1. The van der Waals surface area contributed by atoms with Crippen molar-refractivity contribution in [3.05, 3.63) is 77.6 Å². The summed E-state index contributed by atoms with van der Waals surface area (Å²) in [6.45, 7) is 3.65. The van der Waals surface area contributed by atoms with E-state index < -0.39 is 11.6 Å². The van der Waals surface area contributed by atoms with Crippen LogP contribution in [0.1, 0.15) is 16.1 Å². The van der Waals surface area contributed by atoms with Crippen LogP contribution in [-0.4, -0.2) is 36.9 Å². The minimum absolute atomic E-state index is 0.0530. The quantitative estimate of drug-likeness (QED) is 0.500. The molecular formula is C23H22F2N4O. The summed E-state index contributed by atoms with van der Waals surface area (Å²) in [7, 11) is 0. The highest BCUT2D eigenvalue weighted by Gasteiger charge is 2.15. The van der Waals surface area contributed by atoms with Crippen molar-refractivity contribution in [1.29, 1.82) is 0 Å². The Morgan fingerprint density at radius 3 is 2.40 bits per heavy atom. The third kappa shape index (κ3) is 4.46. The maximum Gasteiger partial charge on any atom is 0.185 e. The van der Waals surface area contributed by atoms with Gasteiger partial charge >= 0.3 is 0 Å². The van der Waals surface area contributed by atoms with Gasteiger partial charge in [-0.05, 0) is 53.1 Å². The number of Topliss-reactive ketones (excluding diaryl/α,β-unsaturated/α-hetero) is 1. The van der Waals surface area contributed by atoms with E-state index >= 15 is 0 Å². The first-order chi connectivity index (χ1) is 14.5. The molecule has 5 nitrogen and oxygen atoms in total. The van der Waals surface area contributed by atoms with Gasteiger partial charge in [-0.25, -0.2) is 8.78 Å². The van der Waals surface area contributed by atoms with Gasteiger partial charge in [-0.3, -0.25) is 9.78 Å². The number of hydrogen-bond acceptors (Lipinski definition) is 5. The molecule has 30 heavy (non-hydrogen) atoms. The Kier molecular flexibility index (Phi) is 5.72. The standard InChI is InChI=1S/C23H22F2N4O/c24-18-10-16(11-19(25)13-18)15-1-3-21(26)17(9-15)12-23(30)22-4-2-20(14-28-22)29-7-5-27-6-8-29/h1-4,9-11,13-14,27H,5-8,12,26H2. The number of hydrogen-bond donors (Lipinski definition) is 2. The van der Waals surface area contributed by atoms with E-state index in [9.17, 15) is 13.6 Å². The third-order valence-electron chi connectivity index (χ3n) is 5.21. The molecule has 1 saturated heterocycles. The van der Waals surface area contributed by atoms with Gasteiger partial charge in [0.1, 0.15) is 17.3 Å². The van der Waals surface area contributed by atoms with Crippen molar-refractivity contribution in [2.45, 2.75) is 6.42 Å². The Hall–Kier alpha value is -3.32. The van der Waals surface area contributed by atoms with E-state index in [2.05, 4.69) is 15.2 Å². The number of aromatic nitrogens is 1. The molecule has 0 unspecified atom stereocenters. The number of pyridine rings is 1. The zero-order valence-electron chi connectivity index (χ0n) is 16.4. The van der Waals surface area contributed by atoms with Crippen LogP contribution in [0.4, 0.5) is 20.2 Å². The topological polar surface area (TPSA) is 71.2 Å². The van der Waals surface area contributed by atoms with Gasteiger partial charge in [0.05, 0.1) is 11.9 Å². The van der Waals surface area contributed by atoms with E-state index in [1.165, 1.54) is 12.1 Å². The molecule has 0 bridgehead atoms. The van der Waals surface area contributed by atoms with E-state index in [0.717, 1.165) is 37.9 Å². The van der Waals surface area contributed by atoms with E-state index in [1.54, 1.807) is 30.5 Å². The number of rotatable bonds is 5. The lowest BCUT2D eigenvalue weighted by atomic mass is 9.98. The summed E-state index contributed by atoms with van der Waals surface area (Å²) >= 11 is 0. The molecular weight excluding hydrogens is 386 g/mol. The molecule has 2 heterocycles. The first kappa shape index (κ1) is 20.0. The van der Waals surface area contributed by atoms with Crippen molar-refractivity contribution in [3.63, 3.8) is 0 Å². The molecule has 1 aromatic heterocycles. The maximum atomic E-state index is 13.6. The van der Waals surface area contributed by atoms with Gasteiger partial charge in [0.2, 0.25) is 0 Å². The molecule has 7 heteroatoms. The van der Waals surface area contributed by atoms with Gasteiger partial charge in [-0.2, -0.15) is 0 Å². The predicted molar refractivity (Wildman–Crippen MR) is 114 cm³/mol. The summed E-state index contributed by atoms with van der Waals surface area (Å²) in [4.78, 5) is 19.3. The molecule has 1 fully saturated rings. The monoisotopic (exact) mass is 408 g/mol. The maximum absolute atomic E-state index is 13.6. The second-order valence-electron chi connectivity index (χ2n) is 7.31. The van der Waals surface area contributed by atoms with Crippen molar-refractivity contribution >= 4 is 17.2 Å². The highest BCUT2D eigenvalue weighted by atomic mass is 19.1. The van der Waals surface area contributed by atoms with Crippen molar-refractivity contribution in [1.82, 2.24) is 10.3 Å². The fraction of sp³-hybridized carbons (Fsp3) is 0.217. The van der Waals surface area contributed by atoms with E-state index in [-0.39, 0.29) is 12.2 Å². The molecule has 3 N–H and O–H groups in total. The van der Waals surface area contributed by atoms with Crippen LogP contribution in [-0.2, 0) is 6.42 Å². The summed E-state index contributed by atoms with van der Waals surface area (Å²) < 4.78 is 27.1. The van der Waals surface area contributed by atoms with Gasteiger partial charge in [0.15, 0.2) is 5.78 Å². The van der Waals surface area contributed by atoms with E-state index in [1.807, 2.05) is 6.07 Å². The first-order valence-electron chi connectivity index (χ1n) is 9.79. The van der Waals surface area contributed by atoms with Gasteiger partial charge in [-0.1, -0.05) is 6.07 Å². The number of piperazine rings is 1. The normalized spacial score (nSPS) is 14.0. The molecule has 1 aliphatic rings. The number of anilines is 2. The summed E-state index contributed by atoms with van der Waals surface area (Å²) in [5.74, 6) is -1.49. The van der Waals surface area contributed by atoms with Crippen LogP contribution < -0.4 is 16.0 Å². The number of halogens is 2. The average Bonchev–Trinajstić information content (AvgIpc) is 2.75. The van der Waals surface area contributed by atoms with E-state index in [4.69, 9.17) is 5.73 Å². The Morgan fingerprint density at radius 2 is 1.73 bits per heavy atom. The number of nitrogen functional groups attached to an aromatic ring is 1. The second kappa shape index (κ2) is 8.59. The van der Waals surface area contributed by atoms with Gasteiger partial charge in [0, 0.05) is 44.4 Å². The number of ketones is 1. The number of carbonyl (C=O) groups is 1.